The van der Waals surface area contributed by atoms with Crippen molar-refractivity contribution in [3.05, 3.63) is 89.5 Å². The normalized spacial score (nSPS) is 17.1. The molecule has 1 N–H and O–H groups in total. The molecule has 192 valence electrons. The number of H-pyrrole nitrogens is 1. The van der Waals surface area contributed by atoms with Crippen LogP contribution in [0.25, 0.3) is 22.1 Å². The van der Waals surface area contributed by atoms with Crippen molar-refractivity contribution in [1.82, 2.24) is 19.5 Å². The Bertz CT molecular complexity index is 1720. The van der Waals surface area contributed by atoms with Gasteiger partial charge in [-0.15, -0.1) is 18.8 Å². The maximum atomic E-state index is 12.9. The lowest BCUT2D eigenvalue weighted by atomic mass is 9.84. The molecule has 0 unspecified atom stereocenters. The van der Waals surface area contributed by atoms with E-state index < -0.39 is 0 Å². The lowest BCUT2D eigenvalue weighted by Gasteiger charge is -2.30. The molecule has 0 aliphatic heterocycles. The van der Waals surface area contributed by atoms with Gasteiger partial charge in [-0.3, -0.25) is 4.79 Å². The second-order valence-electron chi connectivity index (χ2n) is 10.1. The molecule has 0 atom stereocenters. The van der Waals surface area contributed by atoms with Gasteiger partial charge in [0.1, 0.15) is 29.3 Å². The molecular formula is C33H28N4O2. The van der Waals surface area contributed by atoms with E-state index in [1.54, 1.807) is 36.4 Å². The third-order valence-corrected chi connectivity index (χ3v) is 7.69. The monoisotopic (exact) mass is 512 g/mol. The number of carbonyl (C=O) groups is 1. The number of rotatable bonds is 7. The minimum absolute atomic E-state index is 0.0598. The molecule has 0 amide bonds. The molecule has 2 aromatic carbocycles. The SMILES string of the molecule is C#CCC1CCC(n2c(COc3ccc(C(=O)c4ccc(C#C)cc4)cc3)nc3cnc4[nH]ccc4c32)CC1. The highest BCUT2D eigenvalue weighted by atomic mass is 16.5. The molecule has 3 heterocycles. The third-order valence-electron chi connectivity index (χ3n) is 7.69. The fourth-order valence-electron chi connectivity index (χ4n) is 5.64. The van der Waals surface area contributed by atoms with E-state index in [4.69, 9.17) is 22.6 Å². The van der Waals surface area contributed by atoms with Crippen LogP contribution in [0.2, 0.25) is 0 Å². The van der Waals surface area contributed by atoms with Gasteiger partial charge < -0.3 is 14.3 Å². The van der Waals surface area contributed by atoms with Gasteiger partial charge in [0.15, 0.2) is 5.78 Å². The Morgan fingerprint density at radius 3 is 2.41 bits per heavy atom. The van der Waals surface area contributed by atoms with E-state index in [1.165, 1.54) is 0 Å². The Morgan fingerprint density at radius 1 is 1.00 bits per heavy atom. The Balaban J connectivity index is 1.24. The molecule has 6 nitrogen and oxygen atoms in total. The maximum absolute atomic E-state index is 12.9. The van der Waals surface area contributed by atoms with Crippen molar-refractivity contribution >= 4 is 27.9 Å². The molecular weight excluding hydrogens is 484 g/mol. The van der Waals surface area contributed by atoms with Crippen LogP contribution in [0.3, 0.4) is 0 Å². The number of hydrogen-bond donors (Lipinski definition) is 1. The highest BCUT2D eigenvalue weighted by molar-refractivity contribution is 6.09. The number of ketones is 1. The maximum Gasteiger partial charge on any atom is 0.193 e. The predicted octanol–water partition coefficient (Wildman–Crippen LogP) is 6.46. The summed E-state index contributed by atoms with van der Waals surface area (Å²) in [6.45, 7) is 0.311. The van der Waals surface area contributed by atoms with Crippen molar-refractivity contribution in [2.24, 2.45) is 5.92 Å². The second-order valence-corrected chi connectivity index (χ2v) is 10.1. The molecule has 5 aromatic rings. The molecule has 0 bridgehead atoms. The molecule has 0 radical (unpaired) electrons. The van der Waals surface area contributed by atoms with Crippen LogP contribution >= 0.6 is 0 Å². The van der Waals surface area contributed by atoms with Gasteiger partial charge in [-0.25, -0.2) is 9.97 Å². The summed E-state index contributed by atoms with van der Waals surface area (Å²) < 4.78 is 8.56. The number of terminal acetylenes is 2. The largest absolute Gasteiger partial charge is 0.486 e. The first-order valence-corrected chi connectivity index (χ1v) is 13.2. The number of imidazole rings is 1. The lowest BCUT2D eigenvalue weighted by molar-refractivity contribution is 0.103. The zero-order valence-corrected chi connectivity index (χ0v) is 21.6. The van der Waals surface area contributed by atoms with Crippen LogP contribution < -0.4 is 4.74 Å². The van der Waals surface area contributed by atoms with Crippen molar-refractivity contribution in [3.8, 4) is 30.4 Å². The van der Waals surface area contributed by atoms with E-state index in [2.05, 4.69) is 32.4 Å². The molecule has 0 saturated heterocycles. The van der Waals surface area contributed by atoms with Crippen LogP contribution in [0.5, 0.6) is 5.75 Å². The van der Waals surface area contributed by atoms with Crippen molar-refractivity contribution < 1.29 is 9.53 Å². The van der Waals surface area contributed by atoms with Crippen LogP contribution in [0, 0.1) is 30.6 Å². The third kappa shape index (κ3) is 4.78. The van der Waals surface area contributed by atoms with E-state index in [9.17, 15) is 4.79 Å². The van der Waals surface area contributed by atoms with E-state index >= 15 is 0 Å². The molecule has 6 rings (SSSR count). The standard InChI is InChI=1S/C33H28N4O2/c1-3-5-23-8-14-26(15-9-23)37-30(36-29-20-35-33-28(31(29)37)18-19-34-33)21-39-27-16-12-25(13-17-27)32(38)24-10-6-22(4-2)7-11-24/h1-2,6-7,10-13,16-20,23,26H,5,8-9,14-15,21H2,(H,34,35). The van der Waals surface area contributed by atoms with Crippen LogP contribution in [0.4, 0.5) is 0 Å². The first kappa shape index (κ1) is 24.5. The molecule has 1 aliphatic rings. The van der Waals surface area contributed by atoms with Crippen LogP contribution in [0.15, 0.2) is 67.0 Å². The van der Waals surface area contributed by atoms with Crippen molar-refractivity contribution in [1.29, 1.82) is 0 Å². The number of ether oxygens (including phenoxy) is 1. The number of aromatic amines is 1. The lowest BCUT2D eigenvalue weighted by Crippen LogP contribution is -2.20. The summed E-state index contributed by atoms with van der Waals surface area (Å²) in [4.78, 5) is 25.6. The summed E-state index contributed by atoms with van der Waals surface area (Å²) in [5.74, 6) is 7.48. The molecule has 1 fully saturated rings. The number of pyridine rings is 1. The minimum atomic E-state index is -0.0598. The summed E-state index contributed by atoms with van der Waals surface area (Å²) in [5, 5.41) is 1.06. The molecule has 1 aliphatic carbocycles. The average molecular weight is 513 g/mol. The van der Waals surface area contributed by atoms with Crippen molar-refractivity contribution in [2.45, 2.75) is 44.8 Å². The molecule has 39 heavy (non-hydrogen) atoms. The fourth-order valence-corrected chi connectivity index (χ4v) is 5.64. The zero-order valence-electron chi connectivity index (χ0n) is 21.6. The predicted molar refractivity (Wildman–Crippen MR) is 152 cm³/mol. The van der Waals surface area contributed by atoms with Gasteiger partial charge in [-0.1, -0.05) is 5.92 Å². The van der Waals surface area contributed by atoms with E-state index in [0.717, 1.165) is 65.6 Å². The van der Waals surface area contributed by atoms with Gasteiger partial charge in [0.2, 0.25) is 0 Å². The van der Waals surface area contributed by atoms with Gasteiger partial charge >= 0.3 is 0 Å². The first-order chi connectivity index (χ1) is 19.1. The van der Waals surface area contributed by atoms with Crippen LogP contribution in [-0.4, -0.2) is 25.3 Å². The Morgan fingerprint density at radius 2 is 1.72 bits per heavy atom. The number of fused-ring (bicyclic) bond motifs is 3. The van der Waals surface area contributed by atoms with E-state index in [-0.39, 0.29) is 5.78 Å². The summed E-state index contributed by atoms with van der Waals surface area (Å²) in [5.41, 5.74) is 4.74. The number of benzene rings is 2. The smallest absolute Gasteiger partial charge is 0.193 e. The Hall–Kier alpha value is -4.81. The minimum Gasteiger partial charge on any atom is -0.486 e. The summed E-state index contributed by atoms with van der Waals surface area (Å²) >= 11 is 0. The highest BCUT2D eigenvalue weighted by Gasteiger charge is 2.27. The highest BCUT2D eigenvalue weighted by Crippen LogP contribution is 2.38. The summed E-state index contributed by atoms with van der Waals surface area (Å²) in [6, 6.07) is 16.7. The van der Waals surface area contributed by atoms with Crippen molar-refractivity contribution in [2.75, 3.05) is 0 Å². The molecule has 6 heteroatoms. The van der Waals surface area contributed by atoms with Crippen molar-refractivity contribution in [3.63, 3.8) is 0 Å². The number of nitrogens with zero attached hydrogens (tertiary/aromatic N) is 3. The number of carbonyl (C=O) groups excluding carboxylic acids is 1. The number of aromatic nitrogens is 4. The van der Waals surface area contributed by atoms with Gasteiger partial charge in [-0.05, 0) is 86.2 Å². The quantitative estimate of drug-likeness (QED) is 0.201. The summed E-state index contributed by atoms with van der Waals surface area (Å²) in [7, 11) is 0. The van der Waals surface area contributed by atoms with E-state index in [1.807, 2.05) is 24.5 Å². The molecule has 0 spiro atoms. The number of nitrogens with one attached hydrogen (secondary N) is 1. The molecule has 1 saturated carbocycles. The zero-order chi connectivity index (χ0) is 26.8. The average Bonchev–Trinajstić information content (AvgIpc) is 3.61. The topological polar surface area (TPSA) is 72.8 Å². The van der Waals surface area contributed by atoms with Crippen LogP contribution in [0.1, 0.15) is 65.5 Å². The van der Waals surface area contributed by atoms with Gasteiger partial charge in [0, 0.05) is 40.7 Å². The van der Waals surface area contributed by atoms with Gasteiger partial charge in [0.05, 0.1) is 11.7 Å². The molecule has 3 aromatic heterocycles. The van der Waals surface area contributed by atoms with Crippen LogP contribution in [-0.2, 0) is 6.61 Å². The number of hydrogen-bond acceptors (Lipinski definition) is 4. The summed E-state index contributed by atoms with van der Waals surface area (Å²) in [6.07, 6.45) is 19.9. The van der Waals surface area contributed by atoms with E-state index in [0.29, 0.717) is 35.4 Å². The van der Waals surface area contributed by atoms with Gasteiger partial charge in [0.25, 0.3) is 0 Å². The van der Waals surface area contributed by atoms with Gasteiger partial charge in [-0.2, -0.15) is 0 Å². The fraction of sp³-hybridized carbons (Fsp3) is 0.242. The second kappa shape index (κ2) is 10.5. The Labute approximate surface area is 227 Å². The first-order valence-electron chi connectivity index (χ1n) is 13.2. The Kier molecular flexibility index (Phi) is 6.61.